The molecule has 1 aliphatic rings. The number of carbonyl (C=O) groups excluding carboxylic acids is 1. The van der Waals surface area contributed by atoms with Gasteiger partial charge in [0, 0.05) is 71.0 Å². The first-order valence-corrected chi connectivity index (χ1v) is 11.0. The lowest BCUT2D eigenvalue weighted by Gasteiger charge is -2.27. The van der Waals surface area contributed by atoms with Crippen molar-refractivity contribution in [1.82, 2.24) is 19.5 Å². The molecular formula is C26H28N4O3. The molecular weight excluding hydrogens is 416 g/mol. The van der Waals surface area contributed by atoms with E-state index in [0.29, 0.717) is 12.2 Å². The molecule has 2 aromatic heterocycles. The summed E-state index contributed by atoms with van der Waals surface area (Å²) in [5, 5.41) is 3.39. The number of rotatable bonds is 6. The van der Waals surface area contributed by atoms with E-state index < -0.39 is 0 Å². The maximum Gasteiger partial charge on any atom is 0.278 e. The molecule has 0 saturated carbocycles. The summed E-state index contributed by atoms with van der Waals surface area (Å²) in [5.74, 6) is 0.626. The Labute approximate surface area is 192 Å². The van der Waals surface area contributed by atoms with Crippen LogP contribution in [-0.2, 0) is 16.2 Å². The zero-order valence-corrected chi connectivity index (χ0v) is 19.4. The number of aromatic nitrogens is 2. The van der Waals surface area contributed by atoms with E-state index in [9.17, 15) is 4.79 Å². The van der Waals surface area contributed by atoms with Crippen LogP contribution in [0.25, 0.3) is 33.0 Å². The molecule has 1 N–H and O–H groups in total. The summed E-state index contributed by atoms with van der Waals surface area (Å²) in [5.41, 5.74) is 5.52. The monoisotopic (exact) mass is 444 g/mol. The van der Waals surface area contributed by atoms with E-state index in [1.165, 1.54) is 5.06 Å². The van der Waals surface area contributed by atoms with E-state index in [1.807, 2.05) is 42.6 Å². The molecule has 2 aromatic carbocycles. The summed E-state index contributed by atoms with van der Waals surface area (Å²) in [6.07, 6.45) is 4.06. The molecule has 0 bridgehead atoms. The van der Waals surface area contributed by atoms with E-state index in [1.54, 1.807) is 14.2 Å². The van der Waals surface area contributed by atoms with Gasteiger partial charge in [0.05, 0.1) is 12.7 Å². The fourth-order valence-electron chi connectivity index (χ4n) is 4.48. The number of nitrogens with zero attached hydrogens (tertiary/aromatic N) is 3. The molecule has 1 aliphatic heterocycles. The third kappa shape index (κ3) is 3.69. The number of H-pyrrole nitrogens is 1. The van der Waals surface area contributed by atoms with Gasteiger partial charge in [-0.2, -0.15) is 0 Å². The van der Waals surface area contributed by atoms with Crippen LogP contribution in [0.4, 0.5) is 0 Å². The van der Waals surface area contributed by atoms with E-state index in [4.69, 9.17) is 9.57 Å². The minimum atomic E-state index is -0.155. The highest BCUT2D eigenvalue weighted by Crippen LogP contribution is 2.39. The number of ether oxygens (including phenoxy) is 1. The highest BCUT2D eigenvalue weighted by atomic mass is 16.7. The van der Waals surface area contributed by atoms with Gasteiger partial charge in [0.25, 0.3) is 5.91 Å². The molecule has 0 radical (unpaired) electrons. The van der Waals surface area contributed by atoms with E-state index >= 15 is 0 Å². The third-order valence-electron chi connectivity index (χ3n) is 6.26. The number of fused-ring (bicyclic) bond motifs is 2. The molecule has 33 heavy (non-hydrogen) atoms. The molecule has 0 aliphatic carbocycles. The highest BCUT2D eigenvalue weighted by Gasteiger charge is 2.31. The molecule has 3 heterocycles. The van der Waals surface area contributed by atoms with Crippen molar-refractivity contribution in [2.45, 2.75) is 6.54 Å². The van der Waals surface area contributed by atoms with Crippen LogP contribution in [-0.4, -0.2) is 66.8 Å². The molecule has 7 heteroatoms. The van der Waals surface area contributed by atoms with Gasteiger partial charge in [0.1, 0.15) is 12.4 Å². The number of aromatic amines is 1. The van der Waals surface area contributed by atoms with Gasteiger partial charge in [0.2, 0.25) is 0 Å². The van der Waals surface area contributed by atoms with Gasteiger partial charge in [-0.25, -0.2) is 5.06 Å². The second kappa shape index (κ2) is 8.42. The highest BCUT2D eigenvalue weighted by molar-refractivity contribution is 6.30. The van der Waals surface area contributed by atoms with Crippen molar-refractivity contribution in [3.05, 3.63) is 66.0 Å². The Bertz CT molecular complexity index is 1380. The minimum absolute atomic E-state index is 0.155. The molecule has 7 nitrogen and oxygen atoms in total. The molecule has 0 atom stereocenters. The van der Waals surface area contributed by atoms with E-state index in [-0.39, 0.29) is 5.91 Å². The standard InChI is InChI=1S/C26H28N4O3/c1-28(2)11-12-30-15-21(19-13-17(32-4)9-10-24(19)30)22-16-33-29(3)26(31)25(22)20-14-27-23-8-6-5-7-18(20)23/h5-10,13-15,27H,11-12,16H2,1-4H3. The van der Waals surface area contributed by atoms with Crippen molar-refractivity contribution in [3.8, 4) is 5.75 Å². The average molecular weight is 445 g/mol. The van der Waals surface area contributed by atoms with E-state index in [2.05, 4.69) is 40.8 Å². The fourth-order valence-corrected chi connectivity index (χ4v) is 4.48. The quantitative estimate of drug-likeness (QED) is 0.488. The maximum absolute atomic E-state index is 13.4. The second-order valence-electron chi connectivity index (χ2n) is 8.60. The Balaban J connectivity index is 1.77. The lowest BCUT2D eigenvalue weighted by atomic mass is 9.93. The average Bonchev–Trinajstić information content (AvgIpc) is 3.40. The second-order valence-corrected chi connectivity index (χ2v) is 8.60. The molecule has 0 fully saturated rings. The molecule has 5 rings (SSSR count). The van der Waals surface area contributed by atoms with E-state index in [0.717, 1.165) is 57.3 Å². The molecule has 0 saturated heterocycles. The number of hydrogen-bond donors (Lipinski definition) is 1. The minimum Gasteiger partial charge on any atom is -0.497 e. The number of para-hydroxylation sites is 1. The first kappa shape index (κ1) is 21.3. The molecule has 4 aromatic rings. The number of hydroxylamine groups is 2. The van der Waals surface area contributed by atoms with Crippen molar-refractivity contribution in [2.75, 3.05) is 41.4 Å². The van der Waals surface area contributed by atoms with Gasteiger partial charge in [-0.3, -0.25) is 9.63 Å². The van der Waals surface area contributed by atoms with Crippen molar-refractivity contribution in [1.29, 1.82) is 0 Å². The predicted octanol–water partition coefficient (Wildman–Crippen LogP) is 4.01. The number of hydrogen-bond acceptors (Lipinski definition) is 4. The van der Waals surface area contributed by atoms with Crippen LogP contribution in [0.5, 0.6) is 5.75 Å². The maximum atomic E-state index is 13.4. The fraction of sp³-hybridized carbons (Fsp3) is 0.269. The van der Waals surface area contributed by atoms with Crippen LogP contribution in [0, 0.1) is 0 Å². The summed E-state index contributed by atoms with van der Waals surface area (Å²) in [6, 6.07) is 14.1. The number of methoxy groups -OCH3 is 1. The summed E-state index contributed by atoms with van der Waals surface area (Å²) in [7, 11) is 7.47. The third-order valence-corrected chi connectivity index (χ3v) is 6.26. The molecule has 170 valence electrons. The predicted molar refractivity (Wildman–Crippen MR) is 131 cm³/mol. The first-order valence-electron chi connectivity index (χ1n) is 11.0. The SMILES string of the molecule is COc1ccc2c(c1)c(C1=C(c3c[nH]c4ccccc34)C(=O)N(C)OC1)cn2CCN(C)C. The van der Waals surface area contributed by atoms with Gasteiger partial charge in [-0.15, -0.1) is 0 Å². The van der Waals surface area contributed by atoms with Crippen LogP contribution in [0.1, 0.15) is 11.1 Å². The summed E-state index contributed by atoms with van der Waals surface area (Å²) in [6.45, 7) is 2.04. The smallest absolute Gasteiger partial charge is 0.278 e. The van der Waals surface area contributed by atoms with Crippen LogP contribution < -0.4 is 4.74 Å². The Morgan fingerprint density at radius 1 is 1.12 bits per heavy atom. The van der Waals surface area contributed by atoms with Gasteiger partial charge in [-0.05, 0) is 38.4 Å². The zero-order valence-electron chi connectivity index (χ0n) is 19.4. The summed E-state index contributed by atoms with van der Waals surface area (Å²) < 4.78 is 7.76. The van der Waals surface area contributed by atoms with Crippen molar-refractivity contribution >= 4 is 38.9 Å². The Kier molecular flexibility index (Phi) is 5.44. The van der Waals surface area contributed by atoms with Gasteiger partial charge < -0.3 is 19.2 Å². The van der Waals surface area contributed by atoms with Crippen LogP contribution >= 0.6 is 0 Å². The first-order chi connectivity index (χ1) is 16.0. The van der Waals surface area contributed by atoms with Crippen molar-refractivity contribution in [2.24, 2.45) is 0 Å². The van der Waals surface area contributed by atoms with Crippen molar-refractivity contribution < 1.29 is 14.4 Å². The Hall–Kier alpha value is -3.55. The van der Waals surface area contributed by atoms with Crippen LogP contribution in [0.2, 0.25) is 0 Å². The number of likely N-dealkylation sites (N-methyl/N-ethyl adjacent to an activating group) is 2. The lowest BCUT2D eigenvalue weighted by Crippen LogP contribution is -2.33. The molecule has 0 spiro atoms. The summed E-state index contributed by atoms with van der Waals surface area (Å²) in [4.78, 5) is 24.7. The number of amides is 1. The summed E-state index contributed by atoms with van der Waals surface area (Å²) >= 11 is 0. The zero-order chi connectivity index (χ0) is 23.1. The van der Waals surface area contributed by atoms with Gasteiger partial charge in [-0.1, -0.05) is 18.2 Å². The van der Waals surface area contributed by atoms with Crippen LogP contribution in [0.3, 0.4) is 0 Å². The number of benzene rings is 2. The lowest BCUT2D eigenvalue weighted by molar-refractivity contribution is -0.168. The Morgan fingerprint density at radius 3 is 2.73 bits per heavy atom. The van der Waals surface area contributed by atoms with Crippen LogP contribution in [0.15, 0.2) is 54.9 Å². The largest absolute Gasteiger partial charge is 0.497 e. The van der Waals surface area contributed by atoms with Gasteiger partial charge >= 0.3 is 0 Å². The molecule has 1 amide bonds. The Morgan fingerprint density at radius 2 is 1.94 bits per heavy atom. The van der Waals surface area contributed by atoms with Crippen molar-refractivity contribution in [3.63, 3.8) is 0 Å². The normalized spacial score (nSPS) is 14.8. The topological polar surface area (TPSA) is 62.7 Å². The number of nitrogens with one attached hydrogen (secondary N) is 1. The number of carbonyl (C=O) groups is 1. The molecule has 0 unspecified atom stereocenters. The van der Waals surface area contributed by atoms with Gasteiger partial charge in [0.15, 0.2) is 0 Å².